The van der Waals surface area contributed by atoms with Gasteiger partial charge in [-0.05, 0) is 6.42 Å². The van der Waals surface area contributed by atoms with Gasteiger partial charge in [0.25, 0.3) is 0 Å². The highest BCUT2D eigenvalue weighted by atomic mass is 32.2. The van der Waals surface area contributed by atoms with Crippen LogP contribution in [-0.4, -0.2) is 31.6 Å². The van der Waals surface area contributed by atoms with E-state index >= 15 is 0 Å². The summed E-state index contributed by atoms with van der Waals surface area (Å²) in [6.45, 7) is 0. The molecule has 0 aliphatic rings. The van der Waals surface area contributed by atoms with Gasteiger partial charge in [-0.1, -0.05) is 0 Å². The number of terminal acetylenes is 1. The van der Waals surface area contributed by atoms with Crippen LogP contribution in [0.5, 0.6) is 0 Å². The molecule has 4 nitrogen and oxygen atoms in total. The van der Waals surface area contributed by atoms with E-state index in [1.165, 1.54) is 0 Å². The van der Waals surface area contributed by atoms with Gasteiger partial charge in [-0.25, -0.2) is 8.42 Å². The maximum absolute atomic E-state index is 11.8. The third-order valence-corrected chi connectivity index (χ3v) is 3.99. The monoisotopic (exact) mass is 271 g/mol. The number of carbonyl (C=O) groups is 1. The Morgan fingerprint density at radius 3 is 2.29 bits per heavy atom. The number of hydrogen-bond acceptors (Lipinski definition) is 4. The fourth-order valence-electron chi connectivity index (χ4n) is 1.06. The van der Waals surface area contributed by atoms with Gasteiger partial charge in [0, 0.05) is 6.42 Å². The molecule has 0 aromatic heterocycles. The molecule has 0 spiro atoms. The van der Waals surface area contributed by atoms with Crippen molar-refractivity contribution in [1.82, 2.24) is 0 Å². The van der Waals surface area contributed by atoms with E-state index in [1.54, 1.807) is 0 Å². The van der Waals surface area contributed by atoms with Gasteiger partial charge in [0.2, 0.25) is 0 Å². The Bertz CT molecular complexity index is 405. The summed E-state index contributed by atoms with van der Waals surface area (Å²) < 4.78 is 58.2. The Kier molecular flexibility index (Phi) is 5.48. The molecule has 0 aromatic rings. The van der Waals surface area contributed by atoms with Gasteiger partial charge in [0.05, 0.1) is 18.1 Å². The summed E-state index contributed by atoms with van der Waals surface area (Å²) in [5, 5.41) is 8.55. The highest BCUT2D eigenvalue weighted by Gasteiger charge is 2.33. The maximum Gasteiger partial charge on any atom is 0.390 e. The van der Waals surface area contributed by atoms with E-state index in [-0.39, 0.29) is 6.42 Å². The van der Waals surface area contributed by atoms with Gasteiger partial charge in [0.1, 0.15) is 5.25 Å². The average molecular weight is 271 g/mol. The van der Waals surface area contributed by atoms with Crippen molar-refractivity contribution in [2.24, 2.45) is 0 Å². The number of sulfone groups is 1. The van der Waals surface area contributed by atoms with Crippen LogP contribution in [-0.2, 0) is 14.6 Å². The van der Waals surface area contributed by atoms with Crippen LogP contribution in [0.4, 0.5) is 13.2 Å². The number of rotatable bonds is 6. The van der Waals surface area contributed by atoms with Crippen molar-refractivity contribution in [3.05, 3.63) is 0 Å². The molecule has 0 amide bonds. The zero-order valence-corrected chi connectivity index (χ0v) is 9.47. The molecule has 17 heavy (non-hydrogen) atoms. The summed E-state index contributed by atoms with van der Waals surface area (Å²) in [6, 6.07) is 0. The second kappa shape index (κ2) is 5.91. The standard InChI is InChI=1S/C9H11F3O4S/c1-2-3-4-7(8(13)14)17(15,16)6-5-9(10,11)12/h1,7H,3-6H2,(H,13,14)/p-1. The number of carboxylic acids is 1. The van der Waals surface area contributed by atoms with Gasteiger partial charge < -0.3 is 9.90 Å². The first kappa shape index (κ1) is 15.8. The predicted octanol–water partition coefficient (Wildman–Crippen LogP) is -0.115. The molecule has 0 rings (SSSR count). The first-order chi connectivity index (χ1) is 7.60. The van der Waals surface area contributed by atoms with Crippen molar-refractivity contribution in [3.63, 3.8) is 0 Å². The lowest BCUT2D eigenvalue weighted by atomic mass is 10.2. The summed E-state index contributed by atoms with van der Waals surface area (Å²) in [6.07, 6.45) is -2.03. The van der Waals surface area contributed by atoms with Crippen LogP contribution in [0, 0.1) is 12.3 Å². The predicted molar refractivity (Wildman–Crippen MR) is 51.3 cm³/mol. The number of carboxylic acid groups (broad SMARTS) is 1. The Morgan fingerprint density at radius 1 is 1.41 bits per heavy atom. The second-order valence-electron chi connectivity index (χ2n) is 3.28. The normalized spacial score (nSPS) is 14.0. The summed E-state index contributed by atoms with van der Waals surface area (Å²) >= 11 is 0. The minimum atomic E-state index is -4.66. The fourth-order valence-corrected chi connectivity index (χ4v) is 2.63. The summed E-state index contributed by atoms with van der Waals surface area (Å²) in [5.74, 6) is -1.19. The van der Waals surface area contributed by atoms with Gasteiger partial charge >= 0.3 is 6.18 Å². The Labute approximate surface area is 96.7 Å². The largest absolute Gasteiger partial charge is 0.549 e. The smallest absolute Gasteiger partial charge is 0.390 e. The van der Waals surface area contributed by atoms with Crippen LogP contribution in [0.25, 0.3) is 0 Å². The van der Waals surface area contributed by atoms with Crippen molar-refractivity contribution >= 4 is 15.8 Å². The van der Waals surface area contributed by atoms with E-state index < -0.39 is 45.8 Å². The third kappa shape index (κ3) is 6.16. The molecular weight excluding hydrogens is 261 g/mol. The quantitative estimate of drug-likeness (QED) is 0.631. The van der Waals surface area contributed by atoms with Crippen LogP contribution >= 0.6 is 0 Å². The maximum atomic E-state index is 11.8. The highest BCUT2D eigenvalue weighted by molar-refractivity contribution is 7.92. The van der Waals surface area contributed by atoms with Crippen LogP contribution in [0.15, 0.2) is 0 Å². The van der Waals surface area contributed by atoms with Gasteiger partial charge in [-0.2, -0.15) is 13.2 Å². The number of carbonyl (C=O) groups excluding carboxylic acids is 1. The molecule has 8 heteroatoms. The van der Waals surface area contributed by atoms with Crippen molar-refractivity contribution in [2.75, 3.05) is 5.75 Å². The molecule has 1 unspecified atom stereocenters. The Hall–Kier alpha value is -1.23. The van der Waals surface area contributed by atoms with Crippen molar-refractivity contribution in [3.8, 4) is 12.3 Å². The lowest BCUT2D eigenvalue weighted by molar-refractivity contribution is -0.305. The number of alkyl halides is 3. The molecule has 0 heterocycles. The first-order valence-electron chi connectivity index (χ1n) is 4.53. The molecule has 0 N–H and O–H groups in total. The minimum absolute atomic E-state index is 0.163. The fraction of sp³-hybridized carbons (Fsp3) is 0.667. The summed E-state index contributed by atoms with van der Waals surface area (Å²) in [7, 11) is -4.40. The van der Waals surface area contributed by atoms with Crippen molar-refractivity contribution in [1.29, 1.82) is 0 Å². The molecule has 0 saturated carbocycles. The number of hydrogen-bond donors (Lipinski definition) is 0. The van der Waals surface area contributed by atoms with Crippen molar-refractivity contribution < 1.29 is 31.5 Å². The second-order valence-corrected chi connectivity index (χ2v) is 5.59. The lowest BCUT2D eigenvalue weighted by Crippen LogP contribution is -2.42. The van der Waals surface area contributed by atoms with Crippen LogP contribution in [0.1, 0.15) is 19.3 Å². The summed E-state index contributed by atoms with van der Waals surface area (Å²) in [4.78, 5) is 10.5. The molecule has 0 saturated heterocycles. The highest BCUT2D eigenvalue weighted by Crippen LogP contribution is 2.22. The van der Waals surface area contributed by atoms with E-state index in [4.69, 9.17) is 6.42 Å². The molecule has 0 bridgehead atoms. The zero-order valence-electron chi connectivity index (χ0n) is 8.66. The van der Waals surface area contributed by atoms with Crippen molar-refractivity contribution in [2.45, 2.75) is 30.7 Å². The van der Waals surface area contributed by atoms with Gasteiger partial charge in [-0.15, -0.1) is 12.3 Å². The third-order valence-electron chi connectivity index (χ3n) is 1.92. The van der Waals surface area contributed by atoms with E-state index in [2.05, 4.69) is 0 Å². The first-order valence-corrected chi connectivity index (χ1v) is 6.24. The number of aliphatic carboxylic acids is 1. The Morgan fingerprint density at radius 2 is 1.94 bits per heavy atom. The summed E-state index contributed by atoms with van der Waals surface area (Å²) in [5.41, 5.74) is 0. The molecule has 0 aliphatic carbocycles. The zero-order chi connectivity index (χ0) is 13.7. The van der Waals surface area contributed by atoms with E-state index in [0.29, 0.717) is 0 Å². The number of halogens is 3. The molecule has 0 aromatic carbocycles. The molecule has 1 atom stereocenters. The van der Waals surface area contributed by atoms with Crippen LogP contribution in [0.3, 0.4) is 0 Å². The van der Waals surface area contributed by atoms with E-state index in [1.807, 2.05) is 5.92 Å². The molecule has 0 aliphatic heterocycles. The molecule has 98 valence electrons. The molecule has 0 fully saturated rings. The van der Waals surface area contributed by atoms with Gasteiger partial charge in [-0.3, -0.25) is 0 Å². The molecule has 0 radical (unpaired) electrons. The van der Waals surface area contributed by atoms with E-state index in [0.717, 1.165) is 0 Å². The minimum Gasteiger partial charge on any atom is -0.549 e. The SMILES string of the molecule is C#CCCC(C(=O)[O-])S(=O)(=O)CCC(F)(F)F. The van der Waals surface area contributed by atoms with E-state index in [9.17, 15) is 31.5 Å². The van der Waals surface area contributed by atoms with Gasteiger partial charge in [0.15, 0.2) is 9.84 Å². The topological polar surface area (TPSA) is 74.3 Å². The van der Waals surface area contributed by atoms with Crippen LogP contribution in [0.2, 0.25) is 0 Å². The molecular formula is C9H10F3O4S-. The lowest BCUT2D eigenvalue weighted by Gasteiger charge is -2.18. The van der Waals surface area contributed by atoms with Crippen LogP contribution < -0.4 is 5.11 Å². The average Bonchev–Trinajstić information content (AvgIpc) is 2.14. The Balaban J connectivity index is 4.74.